The van der Waals surface area contributed by atoms with Gasteiger partial charge >= 0.3 is 5.97 Å². The van der Waals surface area contributed by atoms with Crippen LogP contribution in [0.2, 0.25) is 0 Å². The number of aromatic hydroxyl groups is 2. The fraction of sp³-hybridized carbons (Fsp3) is 0.154. The van der Waals surface area contributed by atoms with Crippen molar-refractivity contribution in [2.75, 3.05) is 19.5 Å². The van der Waals surface area contributed by atoms with Gasteiger partial charge in [0.15, 0.2) is 11.4 Å². The SMILES string of the molecule is COC(=O)c1nn(-c2ccc(S(=O)(=O)O)cc2S(=O)(=O)O)c(O)c1N=Nc1ccc2c(O)c(N=Nc3cc(C)c(N=Nc4nc5ccc(CS(=O)[O-])cc5s4)cc3OCCCS(=O)(=O)O)ccc2c1S(=O)(=O)O. The number of benzene rings is 5. The third-order valence-corrected chi connectivity index (χ3v) is 14.8. The summed E-state index contributed by atoms with van der Waals surface area (Å²) in [4.78, 5) is 13.9. The zero-order chi connectivity index (χ0) is 53.4. The zero-order valence-electron chi connectivity index (χ0n) is 36.7. The number of azo groups is 3. The van der Waals surface area contributed by atoms with Crippen LogP contribution in [0.25, 0.3) is 26.7 Å². The minimum absolute atomic E-state index is 0.00249. The maximum atomic E-state index is 12.9. The van der Waals surface area contributed by atoms with Crippen molar-refractivity contribution >= 4 is 123 Å². The maximum Gasteiger partial charge on any atom is 0.361 e. The summed E-state index contributed by atoms with van der Waals surface area (Å²) in [6.45, 7) is 1.36. The molecule has 0 radical (unpaired) electrons. The van der Waals surface area contributed by atoms with E-state index in [2.05, 4.69) is 45.5 Å². The van der Waals surface area contributed by atoms with Crippen molar-refractivity contribution in [3.63, 3.8) is 0 Å². The highest BCUT2D eigenvalue weighted by Crippen LogP contribution is 2.44. The molecule has 0 aliphatic rings. The Hall–Kier alpha value is -7.12. The lowest BCUT2D eigenvalue weighted by molar-refractivity contribution is 0.0594. The van der Waals surface area contributed by atoms with Crippen molar-refractivity contribution in [1.29, 1.82) is 0 Å². The highest BCUT2D eigenvalue weighted by atomic mass is 32.2. The first-order valence-corrected chi connectivity index (χ1v) is 27.8. The number of methoxy groups -OCH3 is 1. The number of carbonyl (C=O) groups excluding carboxylic acids is 1. The van der Waals surface area contributed by atoms with E-state index in [1.54, 1.807) is 25.1 Å². The second-order valence-corrected chi connectivity index (χ2v) is 22.5. The summed E-state index contributed by atoms with van der Waals surface area (Å²) in [5.41, 5.74) is -1.80. The molecule has 1 unspecified atom stereocenters. The summed E-state index contributed by atoms with van der Waals surface area (Å²) in [5, 5.41) is 50.1. The summed E-state index contributed by atoms with van der Waals surface area (Å²) in [6.07, 6.45) is -0.164. The van der Waals surface area contributed by atoms with Gasteiger partial charge in [-0.1, -0.05) is 34.5 Å². The number of carbonyl (C=O) groups is 1. The molecule has 5 aromatic carbocycles. The first-order valence-electron chi connectivity index (χ1n) is 19.8. The second-order valence-electron chi connectivity index (χ2n) is 14.9. The first kappa shape index (κ1) is 53.7. The Morgan fingerprint density at radius 3 is 2.10 bits per heavy atom. The van der Waals surface area contributed by atoms with Crippen molar-refractivity contribution in [1.82, 2.24) is 14.8 Å². The maximum absolute atomic E-state index is 12.9. The number of nitrogens with zero attached hydrogens (tertiary/aromatic N) is 9. The molecular formula is C39H32N9O19S6-. The van der Waals surface area contributed by atoms with Crippen molar-refractivity contribution in [3.05, 3.63) is 89.6 Å². The van der Waals surface area contributed by atoms with Gasteiger partial charge in [-0.2, -0.15) is 43.5 Å². The van der Waals surface area contributed by atoms with Crippen LogP contribution >= 0.6 is 11.3 Å². The van der Waals surface area contributed by atoms with Gasteiger partial charge in [-0.3, -0.25) is 22.4 Å². The van der Waals surface area contributed by atoms with Crippen molar-refractivity contribution in [2.24, 2.45) is 30.7 Å². The molecule has 0 fully saturated rings. The number of phenols is 1. The van der Waals surface area contributed by atoms with Gasteiger partial charge in [0.05, 0.1) is 46.0 Å². The van der Waals surface area contributed by atoms with E-state index in [-0.39, 0.29) is 57.5 Å². The van der Waals surface area contributed by atoms with E-state index in [9.17, 15) is 75.7 Å². The Labute approximate surface area is 417 Å². The Balaban J connectivity index is 1.24. The Bertz CT molecular complexity index is 3990. The van der Waals surface area contributed by atoms with Gasteiger partial charge in [-0.15, -0.1) is 30.7 Å². The minimum Gasteiger partial charge on any atom is -0.772 e. The van der Waals surface area contributed by atoms with E-state index in [1.807, 2.05) is 0 Å². The van der Waals surface area contributed by atoms with Gasteiger partial charge in [0.2, 0.25) is 16.7 Å². The molecule has 0 bridgehead atoms. The number of phenolic OH excluding ortho intramolecular Hbond substituents is 1. The molecule has 1 atom stereocenters. The molecule has 2 heterocycles. The number of aromatic nitrogens is 3. The number of thiazole rings is 1. The first-order chi connectivity index (χ1) is 34.1. The highest BCUT2D eigenvalue weighted by molar-refractivity contribution is 7.87. The largest absolute Gasteiger partial charge is 0.772 e. The number of aryl methyl sites for hydroxylation is 1. The van der Waals surface area contributed by atoms with Crippen LogP contribution in [0.15, 0.2) is 118 Å². The molecule has 7 aromatic rings. The number of hydrogen-bond acceptors (Lipinski definition) is 24. The predicted molar refractivity (Wildman–Crippen MR) is 254 cm³/mol. The smallest absolute Gasteiger partial charge is 0.361 e. The lowest BCUT2D eigenvalue weighted by Crippen LogP contribution is -2.10. The van der Waals surface area contributed by atoms with E-state index in [1.165, 1.54) is 12.1 Å². The van der Waals surface area contributed by atoms with E-state index in [4.69, 9.17) is 4.74 Å². The fourth-order valence-corrected chi connectivity index (χ4v) is 10.5. The second kappa shape index (κ2) is 20.8. The summed E-state index contributed by atoms with van der Waals surface area (Å²) in [5.74, 6) is -4.11. The van der Waals surface area contributed by atoms with Gasteiger partial charge in [0.25, 0.3) is 40.5 Å². The number of fused-ring (bicyclic) bond motifs is 2. The summed E-state index contributed by atoms with van der Waals surface area (Å²) in [7, 11) is -19.2. The zero-order valence-corrected chi connectivity index (χ0v) is 41.6. The third-order valence-electron chi connectivity index (χ3n) is 9.86. The van der Waals surface area contributed by atoms with Crippen LogP contribution in [0.3, 0.4) is 0 Å². The lowest BCUT2D eigenvalue weighted by atomic mass is 10.1. The van der Waals surface area contributed by atoms with E-state index >= 15 is 0 Å². The van der Waals surface area contributed by atoms with Crippen LogP contribution in [0, 0.1) is 6.92 Å². The van der Waals surface area contributed by atoms with Crippen LogP contribution in [-0.2, 0) is 62.0 Å². The Morgan fingerprint density at radius 2 is 1.44 bits per heavy atom. The number of ether oxygens (including phenoxy) is 2. The lowest BCUT2D eigenvalue weighted by Gasteiger charge is -2.11. The molecule has 0 aliphatic heterocycles. The van der Waals surface area contributed by atoms with E-state index < -0.39 is 112 Å². The Morgan fingerprint density at radius 1 is 0.767 bits per heavy atom. The van der Waals surface area contributed by atoms with Crippen LogP contribution in [0.5, 0.6) is 17.4 Å². The molecule has 7 rings (SSSR count). The normalized spacial score (nSPS) is 13.2. The summed E-state index contributed by atoms with van der Waals surface area (Å²) < 4.78 is 169. The average molecular weight is 1120 g/mol. The molecule has 384 valence electrons. The van der Waals surface area contributed by atoms with Gasteiger partial charge in [0.1, 0.15) is 32.6 Å². The van der Waals surface area contributed by atoms with Crippen molar-refractivity contribution in [2.45, 2.75) is 33.8 Å². The molecule has 0 spiro atoms. The van der Waals surface area contributed by atoms with Crippen LogP contribution < -0.4 is 4.74 Å². The quantitative estimate of drug-likeness (QED) is 0.0163. The molecule has 0 aliphatic carbocycles. The summed E-state index contributed by atoms with van der Waals surface area (Å²) >= 11 is -1.17. The summed E-state index contributed by atoms with van der Waals surface area (Å²) in [6, 6.07) is 13.6. The van der Waals surface area contributed by atoms with E-state index in [0.29, 0.717) is 44.2 Å². The number of rotatable bonds is 18. The molecule has 6 N–H and O–H groups in total. The van der Waals surface area contributed by atoms with Gasteiger partial charge in [-0.05, 0) is 79.1 Å². The number of esters is 1. The third kappa shape index (κ3) is 12.4. The van der Waals surface area contributed by atoms with Gasteiger partial charge < -0.3 is 24.2 Å². The minimum atomic E-state index is -5.36. The Kier molecular flexibility index (Phi) is 15.3. The van der Waals surface area contributed by atoms with E-state index in [0.717, 1.165) is 42.7 Å². The van der Waals surface area contributed by atoms with Crippen LogP contribution in [-0.4, -0.2) is 111 Å². The fourth-order valence-electron chi connectivity index (χ4n) is 6.62. The predicted octanol–water partition coefficient (Wildman–Crippen LogP) is 7.16. The van der Waals surface area contributed by atoms with Crippen LogP contribution in [0.1, 0.15) is 28.0 Å². The molecule has 0 saturated heterocycles. The van der Waals surface area contributed by atoms with Crippen molar-refractivity contribution in [3.8, 4) is 23.1 Å². The van der Waals surface area contributed by atoms with Crippen LogP contribution in [0.4, 0.5) is 33.6 Å². The molecule has 0 amide bonds. The molecular weight excluding hydrogens is 1090 g/mol. The van der Waals surface area contributed by atoms with Crippen molar-refractivity contribution < 1.29 is 85.1 Å². The van der Waals surface area contributed by atoms with Gasteiger partial charge in [-0.25, -0.2) is 9.78 Å². The molecule has 0 saturated carbocycles. The monoisotopic (exact) mass is 1120 g/mol. The average Bonchev–Trinajstić information content (AvgIpc) is 3.86. The number of hydrogen-bond donors (Lipinski definition) is 6. The molecule has 34 heteroatoms. The molecule has 73 heavy (non-hydrogen) atoms. The van der Waals surface area contributed by atoms with Gasteiger partial charge in [0, 0.05) is 22.6 Å². The highest BCUT2D eigenvalue weighted by Gasteiger charge is 2.30. The topological polar surface area (TPSA) is 438 Å². The molecule has 28 nitrogen and oxygen atoms in total. The standard InChI is InChI=1S/C39H33N9O19S6/c1-19-14-28(30(67-12-3-13-70(54,55)56)17-27(19)43-46-39-40-24-8-4-20(18-69(52)53)15-31(24)68-39)44-41-25-9-7-23-22(35(25)49)6-10-26(36(23)73(63,64)65)42-45-33-34(38(51)66-2)47-48(37(33)50)29-11-5-21(71(57,58)59)16-32(29)72(60,61)62/h4-11,14-17,49-50H,3,12-13,18H2,1-2H3,(H,52,53)(H,54,55,56)(H,57,58,59)(H,60,61,62)(H,63,64,65)/p-1. The molecule has 2 aromatic heterocycles.